The fourth-order valence-corrected chi connectivity index (χ4v) is 1.15. The molecule has 0 saturated heterocycles. The molecule has 0 aliphatic rings. The predicted molar refractivity (Wildman–Crippen MR) is 48.5 cm³/mol. The normalized spacial score (nSPS) is 13.0. The zero-order valence-electron chi connectivity index (χ0n) is 6.72. The highest BCUT2D eigenvalue weighted by molar-refractivity contribution is 9.10. The van der Waals surface area contributed by atoms with Crippen LogP contribution in [0.5, 0.6) is 0 Å². The van der Waals surface area contributed by atoms with Crippen LogP contribution in [0.25, 0.3) is 0 Å². The van der Waals surface area contributed by atoms with E-state index in [0.717, 1.165) is 0 Å². The Hall–Kier alpha value is -1.04. The lowest BCUT2D eigenvalue weighted by atomic mass is 10.1. The summed E-state index contributed by atoms with van der Waals surface area (Å²) in [6.07, 6.45) is -4.65. The van der Waals surface area contributed by atoms with Crippen molar-refractivity contribution in [2.45, 2.75) is 6.18 Å². The smallest absolute Gasteiger partial charge is 0.410 e. The zero-order valence-corrected chi connectivity index (χ0v) is 8.30. The third-order valence-electron chi connectivity index (χ3n) is 1.49. The van der Waals surface area contributed by atoms with E-state index in [-0.39, 0.29) is 5.56 Å². The van der Waals surface area contributed by atoms with Crippen LogP contribution in [0.2, 0.25) is 0 Å². The molecule has 14 heavy (non-hydrogen) atoms. The van der Waals surface area contributed by atoms with Crippen LogP contribution in [0.1, 0.15) is 5.56 Å². The Bertz CT molecular complexity index is 345. The maximum atomic E-state index is 12.2. The van der Waals surface area contributed by atoms with Crippen molar-refractivity contribution in [2.24, 2.45) is 5.16 Å². The molecule has 0 atom stereocenters. The van der Waals surface area contributed by atoms with Gasteiger partial charge >= 0.3 is 6.18 Å². The van der Waals surface area contributed by atoms with Gasteiger partial charge in [0, 0.05) is 10.0 Å². The highest BCUT2D eigenvalue weighted by Gasteiger charge is 2.37. The van der Waals surface area contributed by atoms with Crippen LogP contribution in [0, 0.1) is 0 Å². The first kappa shape index (κ1) is 11.0. The van der Waals surface area contributed by atoms with Crippen LogP contribution in [0.4, 0.5) is 13.2 Å². The number of nitrogens with zero attached hydrogens (tertiary/aromatic N) is 1. The van der Waals surface area contributed by atoms with E-state index < -0.39 is 11.9 Å². The molecule has 0 spiro atoms. The lowest BCUT2D eigenvalue weighted by Gasteiger charge is -2.08. The van der Waals surface area contributed by atoms with Crippen molar-refractivity contribution in [3.05, 3.63) is 34.3 Å². The summed E-state index contributed by atoms with van der Waals surface area (Å²) in [6, 6.07) is 5.30. The molecule has 0 amide bonds. The number of alkyl halides is 3. The van der Waals surface area contributed by atoms with E-state index in [9.17, 15) is 13.2 Å². The second kappa shape index (κ2) is 4.00. The molecule has 0 heterocycles. The molecule has 0 aliphatic heterocycles. The van der Waals surface area contributed by atoms with Gasteiger partial charge in [0.25, 0.3) is 0 Å². The van der Waals surface area contributed by atoms with Crippen LogP contribution in [-0.4, -0.2) is 17.1 Å². The van der Waals surface area contributed by atoms with Gasteiger partial charge in [0.2, 0.25) is 0 Å². The highest BCUT2D eigenvalue weighted by atomic mass is 79.9. The second-order valence-electron chi connectivity index (χ2n) is 2.45. The van der Waals surface area contributed by atoms with Crippen LogP contribution in [0.15, 0.2) is 33.9 Å². The number of hydrogen-bond donors (Lipinski definition) is 1. The van der Waals surface area contributed by atoms with E-state index >= 15 is 0 Å². The predicted octanol–water partition coefficient (Wildman–Crippen LogP) is 3.19. The molecule has 0 saturated carbocycles. The van der Waals surface area contributed by atoms with Crippen LogP contribution >= 0.6 is 15.9 Å². The van der Waals surface area contributed by atoms with Gasteiger partial charge in [0.05, 0.1) is 0 Å². The number of rotatable bonds is 1. The quantitative estimate of drug-likeness (QED) is 0.473. The average molecular weight is 268 g/mol. The van der Waals surface area contributed by atoms with Gasteiger partial charge in [-0.05, 0) is 12.1 Å². The molecule has 1 aromatic carbocycles. The molecule has 0 radical (unpaired) electrons. The fourth-order valence-electron chi connectivity index (χ4n) is 0.886. The summed E-state index contributed by atoms with van der Waals surface area (Å²) in [6.45, 7) is 0. The van der Waals surface area contributed by atoms with Crippen molar-refractivity contribution < 1.29 is 18.4 Å². The summed E-state index contributed by atoms with van der Waals surface area (Å²) in [5, 5.41) is 10.5. The minimum absolute atomic E-state index is 0.178. The minimum Gasteiger partial charge on any atom is -0.410 e. The molecular formula is C8H5BrF3NO. The molecule has 0 aliphatic carbocycles. The lowest BCUT2D eigenvalue weighted by molar-refractivity contribution is -0.0601. The Morgan fingerprint density at radius 3 is 2.07 bits per heavy atom. The van der Waals surface area contributed by atoms with Gasteiger partial charge in [-0.15, -0.1) is 0 Å². The van der Waals surface area contributed by atoms with Crippen molar-refractivity contribution in [3.8, 4) is 0 Å². The number of benzene rings is 1. The molecule has 0 bridgehead atoms. The fraction of sp³-hybridized carbons (Fsp3) is 0.125. The lowest BCUT2D eigenvalue weighted by Crippen LogP contribution is -2.23. The maximum Gasteiger partial charge on any atom is 0.437 e. The Balaban J connectivity index is 3.10. The largest absolute Gasteiger partial charge is 0.437 e. The molecule has 0 aromatic heterocycles. The van der Waals surface area contributed by atoms with Gasteiger partial charge in [-0.2, -0.15) is 13.2 Å². The summed E-state index contributed by atoms with van der Waals surface area (Å²) in [5.41, 5.74) is -1.48. The van der Waals surface area contributed by atoms with Crippen molar-refractivity contribution in [3.63, 3.8) is 0 Å². The topological polar surface area (TPSA) is 32.6 Å². The molecule has 76 valence electrons. The Morgan fingerprint density at radius 1 is 1.21 bits per heavy atom. The number of halogens is 4. The first-order valence-electron chi connectivity index (χ1n) is 3.50. The zero-order chi connectivity index (χ0) is 10.8. The first-order chi connectivity index (χ1) is 6.45. The molecule has 6 heteroatoms. The average Bonchev–Trinajstić information content (AvgIpc) is 2.07. The molecule has 1 aromatic rings. The first-order valence-corrected chi connectivity index (χ1v) is 4.29. The summed E-state index contributed by atoms with van der Waals surface area (Å²) in [5.74, 6) is 0. The van der Waals surface area contributed by atoms with E-state index in [0.29, 0.717) is 4.47 Å². The van der Waals surface area contributed by atoms with Crippen LogP contribution < -0.4 is 0 Å². The van der Waals surface area contributed by atoms with E-state index in [1.165, 1.54) is 24.3 Å². The molecular weight excluding hydrogens is 263 g/mol. The van der Waals surface area contributed by atoms with Gasteiger partial charge < -0.3 is 5.21 Å². The third-order valence-corrected chi connectivity index (χ3v) is 2.01. The molecule has 0 fully saturated rings. The maximum absolute atomic E-state index is 12.2. The minimum atomic E-state index is -4.65. The van der Waals surface area contributed by atoms with E-state index in [4.69, 9.17) is 5.21 Å². The standard InChI is InChI=1S/C8H5BrF3NO/c9-6-3-1-5(2-4-6)7(13-14)8(10,11)12/h1-4,14H. The summed E-state index contributed by atoms with van der Waals surface area (Å²) >= 11 is 3.08. The number of hydrogen-bond acceptors (Lipinski definition) is 2. The van der Waals surface area contributed by atoms with Gasteiger partial charge in [-0.25, -0.2) is 0 Å². The Kier molecular flexibility index (Phi) is 3.15. The molecule has 0 unspecified atom stereocenters. The van der Waals surface area contributed by atoms with Crippen LogP contribution in [0.3, 0.4) is 0 Å². The van der Waals surface area contributed by atoms with Gasteiger partial charge in [0.1, 0.15) is 0 Å². The van der Waals surface area contributed by atoms with Gasteiger partial charge in [-0.1, -0.05) is 33.2 Å². The summed E-state index contributed by atoms with van der Waals surface area (Å²) in [7, 11) is 0. The Morgan fingerprint density at radius 2 is 1.71 bits per heavy atom. The Labute approximate surface area is 86.2 Å². The van der Waals surface area contributed by atoms with Gasteiger partial charge in [-0.3, -0.25) is 0 Å². The number of oxime groups is 1. The monoisotopic (exact) mass is 267 g/mol. The molecule has 2 nitrogen and oxygen atoms in total. The van der Waals surface area contributed by atoms with Crippen molar-refractivity contribution in [1.29, 1.82) is 0 Å². The highest BCUT2D eigenvalue weighted by Crippen LogP contribution is 2.23. The second-order valence-corrected chi connectivity index (χ2v) is 3.37. The van der Waals surface area contributed by atoms with Crippen LogP contribution in [-0.2, 0) is 0 Å². The van der Waals surface area contributed by atoms with Crippen molar-refractivity contribution >= 4 is 21.6 Å². The van der Waals surface area contributed by atoms with E-state index in [2.05, 4.69) is 21.1 Å². The van der Waals surface area contributed by atoms with Crippen molar-refractivity contribution in [1.82, 2.24) is 0 Å². The van der Waals surface area contributed by atoms with E-state index in [1.807, 2.05) is 0 Å². The summed E-state index contributed by atoms with van der Waals surface area (Å²) < 4.78 is 37.3. The SMILES string of the molecule is ON=C(c1ccc(Br)cc1)C(F)(F)F. The molecule has 1 N–H and O–H groups in total. The summed E-state index contributed by atoms with van der Waals surface area (Å²) in [4.78, 5) is 0. The van der Waals surface area contributed by atoms with E-state index in [1.54, 1.807) is 0 Å². The molecule has 1 rings (SSSR count). The third kappa shape index (κ3) is 2.47. The van der Waals surface area contributed by atoms with Gasteiger partial charge in [0.15, 0.2) is 5.71 Å². The van der Waals surface area contributed by atoms with Crippen molar-refractivity contribution in [2.75, 3.05) is 0 Å².